The van der Waals surface area contributed by atoms with E-state index in [2.05, 4.69) is 35.9 Å². The number of amides is 1. The molecule has 150 valence electrons. The second-order valence-corrected chi connectivity index (χ2v) is 8.31. The maximum absolute atomic E-state index is 12.4. The molecule has 5 heteroatoms. The van der Waals surface area contributed by atoms with Crippen LogP contribution in [0.1, 0.15) is 43.2 Å². The van der Waals surface area contributed by atoms with E-state index in [1.807, 2.05) is 31.2 Å². The van der Waals surface area contributed by atoms with Crippen LogP contribution in [0, 0.1) is 6.92 Å². The summed E-state index contributed by atoms with van der Waals surface area (Å²) in [5.41, 5.74) is 4.00. The van der Waals surface area contributed by atoms with Gasteiger partial charge in [-0.2, -0.15) is 0 Å². The molecule has 3 N–H and O–H groups in total. The van der Waals surface area contributed by atoms with Gasteiger partial charge in [0.05, 0.1) is 30.3 Å². The summed E-state index contributed by atoms with van der Waals surface area (Å²) in [7, 11) is 2.29. The summed E-state index contributed by atoms with van der Waals surface area (Å²) in [6, 6.07) is 14.7. The van der Waals surface area contributed by atoms with Crippen LogP contribution in [0.15, 0.2) is 42.5 Å². The smallest absolute Gasteiger partial charge is 0.243 e. The number of quaternary nitrogens is 1. The van der Waals surface area contributed by atoms with E-state index in [0.29, 0.717) is 10.7 Å². The van der Waals surface area contributed by atoms with E-state index in [-0.39, 0.29) is 12.5 Å². The van der Waals surface area contributed by atoms with Gasteiger partial charge < -0.3 is 15.5 Å². The van der Waals surface area contributed by atoms with E-state index in [1.54, 1.807) is 4.90 Å². The van der Waals surface area contributed by atoms with E-state index in [0.717, 1.165) is 23.8 Å². The van der Waals surface area contributed by atoms with Crippen molar-refractivity contribution >= 4 is 28.9 Å². The Balaban J connectivity index is 1.57. The average molecular weight is 401 g/mol. The number of carbonyl (C=O) groups excluding carboxylic acids is 1. The van der Waals surface area contributed by atoms with Gasteiger partial charge in [-0.3, -0.25) is 4.79 Å². The van der Waals surface area contributed by atoms with E-state index in [9.17, 15) is 4.79 Å². The van der Waals surface area contributed by atoms with Crippen LogP contribution in [-0.2, 0) is 11.3 Å². The zero-order chi connectivity index (χ0) is 19.9. The molecule has 3 rings (SSSR count). The lowest BCUT2D eigenvalue weighted by molar-refractivity contribution is -0.921. The number of anilines is 2. The van der Waals surface area contributed by atoms with Crippen LogP contribution >= 0.6 is 11.6 Å². The van der Waals surface area contributed by atoms with Crippen molar-refractivity contribution in [2.75, 3.05) is 24.2 Å². The number of halogens is 1. The Kier molecular flexibility index (Phi) is 7.35. The summed E-state index contributed by atoms with van der Waals surface area (Å²) in [6.45, 7) is 3.16. The molecular formula is C23H31ClN3O+. The third kappa shape index (κ3) is 5.73. The number of benzene rings is 2. The van der Waals surface area contributed by atoms with Crippen LogP contribution < -0.4 is 15.5 Å². The quantitative estimate of drug-likeness (QED) is 0.656. The second-order valence-electron chi connectivity index (χ2n) is 7.90. The minimum Gasteiger partial charge on any atom is -0.376 e. The molecule has 28 heavy (non-hydrogen) atoms. The summed E-state index contributed by atoms with van der Waals surface area (Å²) in [4.78, 5) is 13.9. The highest BCUT2D eigenvalue weighted by Crippen LogP contribution is 2.23. The first-order chi connectivity index (χ1) is 13.5. The summed E-state index contributed by atoms with van der Waals surface area (Å²) in [5, 5.41) is 6.75. The Morgan fingerprint density at radius 1 is 1.11 bits per heavy atom. The molecule has 0 bridgehead atoms. The molecule has 1 aliphatic rings. The van der Waals surface area contributed by atoms with Gasteiger partial charge in [0.25, 0.3) is 0 Å². The average Bonchev–Trinajstić information content (AvgIpc) is 2.70. The summed E-state index contributed by atoms with van der Waals surface area (Å²) in [5.74, 6) is -0.103. The highest BCUT2D eigenvalue weighted by Gasteiger charge is 2.22. The van der Waals surface area contributed by atoms with E-state index in [4.69, 9.17) is 11.6 Å². The molecule has 0 aliphatic heterocycles. The topological polar surface area (TPSA) is 45.6 Å². The van der Waals surface area contributed by atoms with Crippen LogP contribution in [0.4, 0.5) is 11.4 Å². The number of aryl methyl sites for hydroxylation is 1. The van der Waals surface area contributed by atoms with Gasteiger partial charge in [0.15, 0.2) is 0 Å². The fourth-order valence-corrected chi connectivity index (χ4v) is 4.26. The Morgan fingerprint density at radius 3 is 2.61 bits per heavy atom. The minimum absolute atomic E-state index is 0.103. The highest BCUT2D eigenvalue weighted by molar-refractivity contribution is 6.33. The largest absolute Gasteiger partial charge is 0.376 e. The van der Waals surface area contributed by atoms with Crippen molar-refractivity contribution in [2.24, 2.45) is 0 Å². The van der Waals surface area contributed by atoms with Crippen LogP contribution in [0.25, 0.3) is 0 Å². The lowest BCUT2D eigenvalue weighted by atomic mass is 9.94. The van der Waals surface area contributed by atoms with Gasteiger partial charge in [0.2, 0.25) is 5.91 Å². The molecule has 4 nitrogen and oxygen atoms in total. The third-order valence-corrected chi connectivity index (χ3v) is 5.94. The maximum atomic E-state index is 12.4. The first kappa shape index (κ1) is 20.7. The molecule has 1 aliphatic carbocycles. The number of carbonyl (C=O) groups is 1. The van der Waals surface area contributed by atoms with Crippen molar-refractivity contribution in [1.29, 1.82) is 0 Å². The van der Waals surface area contributed by atoms with Crippen LogP contribution in [0.2, 0.25) is 5.02 Å². The number of hydrogen-bond acceptors (Lipinski definition) is 2. The monoisotopic (exact) mass is 400 g/mol. The van der Waals surface area contributed by atoms with Crippen LogP contribution in [0.5, 0.6) is 0 Å². The fourth-order valence-electron chi connectivity index (χ4n) is 3.98. The van der Waals surface area contributed by atoms with Gasteiger partial charge in [-0.05, 0) is 56.4 Å². The lowest BCUT2D eigenvalue weighted by Gasteiger charge is -2.28. The van der Waals surface area contributed by atoms with E-state index in [1.165, 1.54) is 37.7 Å². The molecule has 1 atom stereocenters. The first-order valence-electron chi connectivity index (χ1n) is 10.2. The zero-order valence-corrected chi connectivity index (χ0v) is 17.6. The maximum Gasteiger partial charge on any atom is 0.243 e. The Morgan fingerprint density at radius 2 is 1.86 bits per heavy atom. The van der Waals surface area contributed by atoms with E-state index >= 15 is 0 Å². The Bertz CT molecular complexity index is 802. The van der Waals surface area contributed by atoms with Crippen molar-refractivity contribution in [3.8, 4) is 0 Å². The molecule has 0 aromatic heterocycles. The Hall–Kier alpha value is -2.04. The summed E-state index contributed by atoms with van der Waals surface area (Å²) in [6.07, 6.45) is 6.72. The predicted molar refractivity (Wildman–Crippen MR) is 117 cm³/mol. The molecule has 0 heterocycles. The standard InChI is InChI=1S/C23H30ClN3O/c1-17-12-13-22(20(24)14-17)26-23(28)15-25-21-11-7-6-8-18(21)16-27(2)19-9-4-3-5-10-19/h6-8,11-14,19,25H,3-5,9-10,15-16H2,1-2H3,(H,26,28)/p+1. The first-order valence-corrected chi connectivity index (χ1v) is 10.6. The molecule has 1 fully saturated rings. The van der Waals surface area contributed by atoms with Gasteiger partial charge in [-0.15, -0.1) is 0 Å². The van der Waals surface area contributed by atoms with Gasteiger partial charge in [0, 0.05) is 11.3 Å². The van der Waals surface area contributed by atoms with Crippen LogP contribution in [0.3, 0.4) is 0 Å². The van der Waals surface area contributed by atoms with Crippen molar-refractivity contribution in [3.63, 3.8) is 0 Å². The van der Waals surface area contributed by atoms with Crippen molar-refractivity contribution in [3.05, 3.63) is 58.6 Å². The van der Waals surface area contributed by atoms with Crippen LogP contribution in [-0.4, -0.2) is 25.5 Å². The van der Waals surface area contributed by atoms with Crippen molar-refractivity contribution in [2.45, 2.75) is 51.6 Å². The summed E-state index contributed by atoms with van der Waals surface area (Å²) >= 11 is 6.21. The van der Waals surface area contributed by atoms with Crippen molar-refractivity contribution in [1.82, 2.24) is 0 Å². The molecule has 1 amide bonds. The van der Waals surface area contributed by atoms with Gasteiger partial charge in [-0.1, -0.05) is 42.3 Å². The van der Waals surface area contributed by atoms with Gasteiger partial charge in [-0.25, -0.2) is 0 Å². The molecule has 1 saturated carbocycles. The number of hydrogen-bond donors (Lipinski definition) is 3. The second kappa shape index (κ2) is 9.94. The molecular weight excluding hydrogens is 370 g/mol. The molecule has 1 unspecified atom stereocenters. The third-order valence-electron chi connectivity index (χ3n) is 5.63. The van der Waals surface area contributed by atoms with Crippen molar-refractivity contribution < 1.29 is 9.69 Å². The molecule has 0 spiro atoms. The number of para-hydroxylation sites is 1. The minimum atomic E-state index is -0.103. The fraction of sp³-hybridized carbons (Fsp3) is 0.435. The molecule has 0 radical (unpaired) electrons. The lowest BCUT2D eigenvalue weighted by Crippen LogP contribution is -3.11. The zero-order valence-electron chi connectivity index (χ0n) is 16.9. The van der Waals surface area contributed by atoms with Gasteiger partial charge >= 0.3 is 0 Å². The molecule has 0 saturated heterocycles. The normalized spacial score (nSPS) is 15.8. The molecule has 2 aromatic carbocycles. The number of nitrogens with one attached hydrogen (secondary N) is 3. The predicted octanol–water partition coefficient (Wildman–Crippen LogP) is 4.05. The highest BCUT2D eigenvalue weighted by atomic mass is 35.5. The summed E-state index contributed by atoms with van der Waals surface area (Å²) < 4.78 is 0. The van der Waals surface area contributed by atoms with E-state index < -0.39 is 0 Å². The Labute approximate surface area is 173 Å². The van der Waals surface area contributed by atoms with Gasteiger partial charge in [0.1, 0.15) is 6.54 Å². The SMILES string of the molecule is Cc1ccc(NC(=O)CNc2ccccc2C[NH+](C)C2CCCCC2)c(Cl)c1. The number of rotatable bonds is 7. The molecule has 2 aromatic rings.